The summed E-state index contributed by atoms with van der Waals surface area (Å²) in [5, 5.41) is 8.60. The second kappa shape index (κ2) is 13.8. The molecule has 0 bridgehead atoms. The zero-order valence-corrected chi connectivity index (χ0v) is 7.99. The third-order valence-corrected chi connectivity index (χ3v) is 1.75. The quantitative estimate of drug-likeness (QED) is 0.747. The zero-order valence-electron chi connectivity index (χ0n) is 7.99. The first-order chi connectivity index (χ1) is 4.72. The molecule has 0 spiro atoms. The summed E-state index contributed by atoms with van der Waals surface area (Å²) in [6.07, 6.45) is 3.71. The van der Waals surface area contributed by atoms with E-state index in [0.717, 1.165) is 25.7 Å². The summed E-state index contributed by atoms with van der Waals surface area (Å²) in [6.45, 7) is 4.00. The van der Waals surface area contributed by atoms with Gasteiger partial charge in [0.2, 0.25) is 0 Å². The molecule has 0 saturated carbocycles. The highest BCUT2D eigenvalue weighted by Crippen LogP contribution is 2.11. The number of carboxylic acid groups (broad SMARTS) is 1. The third kappa shape index (κ3) is 11.3. The average Bonchev–Trinajstić information content (AvgIpc) is 1.89. The topological polar surface area (TPSA) is 37.3 Å². The molecule has 2 nitrogen and oxygen atoms in total. The van der Waals surface area contributed by atoms with E-state index in [4.69, 9.17) is 5.11 Å². The molecule has 1 unspecified atom stereocenters. The number of hydrogen-bond acceptors (Lipinski definition) is 1. The minimum Gasteiger partial charge on any atom is -0.481 e. The smallest absolute Gasteiger partial charge is 0.306 e. The van der Waals surface area contributed by atoms with E-state index in [9.17, 15) is 4.79 Å². The van der Waals surface area contributed by atoms with Crippen LogP contribution in [-0.4, -0.2) is 11.1 Å². The standard InChI is InChI=1S/C8H16O2.3FH/c1-3-5-6-7(4-2)8(9)10;;;/h7H,3-6H2,1-2H3,(H,9,10);3*1H. The van der Waals surface area contributed by atoms with Gasteiger partial charge in [-0.2, -0.15) is 0 Å². The SMILES string of the molecule is CCCCC(CC)C(=O)O.F.F.F. The van der Waals surface area contributed by atoms with Gasteiger partial charge in [-0.25, -0.2) is 0 Å². The molecule has 0 heterocycles. The molecule has 1 atom stereocenters. The first-order valence-electron chi connectivity index (χ1n) is 3.95. The van der Waals surface area contributed by atoms with Crippen molar-refractivity contribution < 1.29 is 24.0 Å². The van der Waals surface area contributed by atoms with E-state index in [1.165, 1.54) is 0 Å². The van der Waals surface area contributed by atoms with Gasteiger partial charge < -0.3 is 5.11 Å². The second-order valence-electron chi connectivity index (χ2n) is 2.59. The lowest BCUT2D eigenvalue weighted by Crippen LogP contribution is -2.11. The summed E-state index contributed by atoms with van der Waals surface area (Å²) in [6, 6.07) is 0. The molecule has 0 aromatic heterocycles. The van der Waals surface area contributed by atoms with Crippen molar-refractivity contribution in [3.8, 4) is 0 Å². The number of rotatable bonds is 5. The minimum absolute atomic E-state index is 0. The van der Waals surface area contributed by atoms with Crippen molar-refractivity contribution in [2.24, 2.45) is 5.92 Å². The largest absolute Gasteiger partial charge is 0.481 e. The van der Waals surface area contributed by atoms with Gasteiger partial charge in [-0.1, -0.05) is 26.7 Å². The van der Waals surface area contributed by atoms with Crippen LogP contribution >= 0.6 is 0 Å². The highest BCUT2D eigenvalue weighted by atomic mass is 19.0. The van der Waals surface area contributed by atoms with Crippen molar-refractivity contribution >= 4 is 5.97 Å². The van der Waals surface area contributed by atoms with Crippen molar-refractivity contribution in [3.05, 3.63) is 0 Å². The average molecular weight is 204 g/mol. The van der Waals surface area contributed by atoms with Crippen LogP contribution in [0, 0.1) is 5.92 Å². The van der Waals surface area contributed by atoms with E-state index in [-0.39, 0.29) is 20.0 Å². The molecular formula is C8H19F3O2. The van der Waals surface area contributed by atoms with Crippen molar-refractivity contribution in [2.75, 3.05) is 0 Å². The molecule has 13 heavy (non-hydrogen) atoms. The monoisotopic (exact) mass is 204 g/mol. The maximum Gasteiger partial charge on any atom is 0.306 e. The van der Waals surface area contributed by atoms with Crippen LogP contribution < -0.4 is 0 Å². The molecule has 5 heteroatoms. The Morgan fingerprint density at radius 1 is 1.23 bits per heavy atom. The van der Waals surface area contributed by atoms with Crippen molar-refractivity contribution in [3.63, 3.8) is 0 Å². The van der Waals surface area contributed by atoms with Crippen molar-refractivity contribution in [1.82, 2.24) is 0 Å². The Bertz CT molecular complexity index is 110. The van der Waals surface area contributed by atoms with E-state index in [0.29, 0.717) is 0 Å². The Morgan fingerprint density at radius 3 is 1.92 bits per heavy atom. The number of aliphatic carboxylic acids is 1. The first kappa shape index (κ1) is 22.8. The maximum atomic E-state index is 10.4. The summed E-state index contributed by atoms with van der Waals surface area (Å²) in [4.78, 5) is 10.4. The fourth-order valence-electron chi connectivity index (χ4n) is 0.953. The Balaban J connectivity index is -0.000000135. The van der Waals surface area contributed by atoms with Gasteiger partial charge in [0.15, 0.2) is 0 Å². The Labute approximate surface area is 76.4 Å². The minimum atomic E-state index is -0.643. The van der Waals surface area contributed by atoms with Gasteiger partial charge in [-0.15, -0.1) is 0 Å². The predicted octanol–water partition coefficient (Wildman–Crippen LogP) is 2.74. The Morgan fingerprint density at radius 2 is 1.69 bits per heavy atom. The van der Waals surface area contributed by atoms with E-state index in [1.807, 2.05) is 6.92 Å². The van der Waals surface area contributed by atoms with Crippen LogP contribution in [-0.2, 0) is 4.79 Å². The summed E-state index contributed by atoms with van der Waals surface area (Å²) in [7, 11) is 0. The molecule has 0 aliphatic carbocycles. The van der Waals surface area contributed by atoms with Crippen LogP contribution in [0.4, 0.5) is 14.1 Å². The van der Waals surface area contributed by atoms with Crippen LogP contribution in [0.1, 0.15) is 39.5 Å². The van der Waals surface area contributed by atoms with Gasteiger partial charge in [-0.05, 0) is 12.8 Å². The number of carbonyl (C=O) groups is 1. The normalized spacial score (nSPS) is 10.0. The number of hydrogen-bond donors (Lipinski definition) is 1. The molecule has 0 radical (unpaired) electrons. The van der Waals surface area contributed by atoms with Crippen LogP contribution in [0.3, 0.4) is 0 Å². The zero-order chi connectivity index (χ0) is 7.98. The molecule has 0 amide bonds. The van der Waals surface area contributed by atoms with Gasteiger partial charge in [-0.3, -0.25) is 18.9 Å². The number of halogens is 3. The van der Waals surface area contributed by atoms with Crippen LogP contribution in [0.25, 0.3) is 0 Å². The van der Waals surface area contributed by atoms with E-state index < -0.39 is 5.97 Å². The highest BCUT2D eigenvalue weighted by molar-refractivity contribution is 5.69. The van der Waals surface area contributed by atoms with Gasteiger partial charge in [0, 0.05) is 0 Å². The fraction of sp³-hybridized carbons (Fsp3) is 0.875. The lowest BCUT2D eigenvalue weighted by Gasteiger charge is -2.06. The summed E-state index contributed by atoms with van der Waals surface area (Å²) < 4.78 is 0. The van der Waals surface area contributed by atoms with Gasteiger partial charge in [0.1, 0.15) is 0 Å². The maximum absolute atomic E-state index is 10.4. The first-order valence-corrected chi connectivity index (χ1v) is 3.95. The van der Waals surface area contributed by atoms with Crippen LogP contribution in [0.15, 0.2) is 0 Å². The molecule has 0 fully saturated rings. The molecule has 0 rings (SSSR count). The Kier molecular flexibility index (Phi) is 24.2. The summed E-state index contributed by atoms with van der Waals surface area (Å²) in [5.41, 5.74) is 0. The van der Waals surface area contributed by atoms with E-state index in [2.05, 4.69) is 6.92 Å². The van der Waals surface area contributed by atoms with Gasteiger partial charge in [0.25, 0.3) is 0 Å². The second-order valence-corrected chi connectivity index (χ2v) is 2.59. The van der Waals surface area contributed by atoms with E-state index >= 15 is 0 Å². The predicted molar refractivity (Wildman–Crippen MR) is 48.5 cm³/mol. The van der Waals surface area contributed by atoms with Crippen LogP contribution in [0.2, 0.25) is 0 Å². The molecule has 0 aliphatic heterocycles. The molecule has 0 aromatic rings. The van der Waals surface area contributed by atoms with Gasteiger partial charge >= 0.3 is 5.97 Å². The Hall–Kier alpha value is -0.740. The van der Waals surface area contributed by atoms with Crippen molar-refractivity contribution in [1.29, 1.82) is 0 Å². The van der Waals surface area contributed by atoms with Crippen LogP contribution in [0.5, 0.6) is 0 Å². The van der Waals surface area contributed by atoms with E-state index in [1.54, 1.807) is 0 Å². The highest BCUT2D eigenvalue weighted by Gasteiger charge is 2.12. The number of unbranched alkanes of at least 4 members (excludes halogenated alkanes) is 1. The summed E-state index contributed by atoms with van der Waals surface area (Å²) in [5.74, 6) is -0.754. The lowest BCUT2D eigenvalue weighted by atomic mass is 10.00. The van der Waals surface area contributed by atoms with Gasteiger partial charge in [0.05, 0.1) is 5.92 Å². The third-order valence-electron chi connectivity index (χ3n) is 1.75. The fourth-order valence-corrected chi connectivity index (χ4v) is 0.953. The molecule has 1 N–H and O–H groups in total. The molecule has 0 saturated heterocycles. The molecular weight excluding hydrogens is 185 g/mol. The summed E-state index contributed by atoms with van der Waals surface area (Å²) >= 11 is 0. The number of carboxylic acids is 1. The molecule has 0 aliphatic rings. The lowest BCUT2D eigenvalue weighted by molar-refractivity contribution is -0.142. The molecule has 0 aromatic carbocycles. The molecule has 84 valence electrons. The van der Waals surface area contributed by atoms with Crippen molar-refractivity contribution in [2.45, 2.75) is 39.5 Å².